The number of rotatable bonds is 2. The Morgan fingerprint density at radius 1 is 1.19 bits per heavy atom. The van der Waals surface area contributed by atoms with Gasteiger partial charge in [0.05, 0.1) is 5.60 Å². The number of hydrogen-bond acceptors (Lipinski definition) is 5. The van der Waals surface area contributed by atoms with Crippen molar-refractivity contribution >= 4 is 12.1 Å². The lowest BCUT2D eigenvalue weighted by Gasteiger charge is -2.55. The van der Waals surface area contributed by atoms with Crippen LogP contribution in [0, 0.1) is 5.41 Å². The number of amides is 1. The number of ether oxygens (including phenoxy) is 2. The van der Waals surface area contributed by atoms with Crippen LogP contribution in [0.1, 0.15) is 33.6 Å². The van der Waals surface area contributed by atoms with Crippen LogP contribution in [0.3, 0.4) is 0 Å². The minimum absolute atomic E-state index is 0.0340. The maximum absolute atomic E-state index is 11.9. The Morgan fingerprint density at radius 2 is 1.71 bits per heavy atom. The monoisotopic (exact) mass is 301 g/mol. The van der Waals surface area contributed by atoms with Gasteiger partial charge in [-0.1, -0.05) is 0 Å². The van der Waals surface area contributed by atoms with Gasteiger partial charge in [-0.2, -0.15) is 0 Å². The first kappa shape index (κ1) is 16.0. The summed E-state index contributed by atoms with van der Waals surface area (Å²) in [4.78, 5) is 25.0. The first-order valence-corrected chi connectivity index (χ1v) is 7.11. The van der Waals surface area contributed by atoms with Crippen molar-refractivity contribution in [1.29, 1.82) is 0 Å². The Bertz CT molecular complexity index is 429. The van der Waals surface area contributed by atoms with E-state index in [9.17, 15) is 19.8 Å². The molecule has 7 nitrogen and oxygen atoms in total. The van der Waals surface area contributed by atoms with E-state index in [1.54, 1.807) is 20.8 Å². The first-order chi connectivity index (χ1) is 9.60. The number of likely N-dealkylation sites (tertiary alicyclic amines) is 1. The molecule has 2 aliphatic heterocycles. The van der Waals surface area contributed by atoms with Crippen LogP contribution in [-0.4, -0.2) is 64.7 Å². The predicted molar refractivity (Wildman–Crippen MR) is 72.9 cm³/mol. The molecule has 2 rings (SSSR count). The Hall–Kier alpha value is -1.34. The fraction of sp³-hybridized carbons (Fsp3) is 0.857. The van der Waals surface area contributed by atoms with Gasteiger partial charge in [0.2, 0.25) is 0 Å². The van der Waals surface area contributed by atoms with Crippen molar-refractivity contribution in [1.82, 2.24) is 4.90 Å². The van der Waals surface area contributed by atoms with Gasteiger partial charge in [-0.15, -0.1) is 0 Å². The molecule has 7 heteroatoms. The SMILES string of the molecule is CC(C)(C)OC(=O)N1CC(C(=O)O)(C2(O)CCOCC2)C1. The average molecular weight is 301 g/mol. The quantitative estimate of drug-likeness (QED) is 0.785. The number of carbonyl (C=O) groups excluding carboxylic acids is 1. The Morgan fingerprint density at radius 3 is 2.14 bits per heavy atom. The summed E-state index contributed by atoms with van der Waals surface area (Å²) in [5.41, 5.74) is -3.29. The third-order valence-corrected chi connectivity index (χ3v) is 4.19. The molecule has 2 aliphatic rings. The molecule has 21 heavy (non-hydrogen) atoms. The smallest absolute Gasteiger partial charge is 0.410 e. The van der Waals surface area contributed by atoms with E-state index in [4.69, 9.17) is 9.47 Å². The van der Waals surface area contributed by atoms with E-state index < -0.39 is 28.7 Å². The zero-order valence-electron chi connectivity index (χ0n) is 12.7. The number of aliphatic hydroxyl groups is 1. The van der Waals surface area contributed by atoms with Crippen molar-refractivity contribution in [2.24, 2.45) is 5.41 Å². The molecule has 0 unspecified atom stereocenters. The standard InChI is InChI=1S/C14H23NO6/c1-12(2,3)21-11(18)15-8-13(9-15,10(16)17)14(19)4-6-20-7-5-14/h19H,4-9H2,1-3H3,(H,16,17). The molecule has 1 amide bonds. The van der Waals surface area contributed by atoms with Crippen LogP contribution in [-0.2, 0) is 14.3 Å². The second-order valence-electron chi connectivity index (χ2n) is 6.87. The molecule has 0 radical (unpaired) electrons. The zero-order valence-corrected chi connectivity index (χ0v) is 12.7. The van der Waals surface area contributed by atoms with Gasteiger partial charge in [0.15, 0.2) is 0 Å². The van der Waals surface area contributed by atoms with E-state index in [1.165, 1.54) is 4.90 Å². The van der Waals surface area contributed by atoms with Crippen molar-refractivity contribution in [2.45, 2.75) is 44.8 Å². The Labute approximate surface area is 123 Å². The summed E-state index contributed by atoms with van der Waals surface area (Å²) >= 11 is 0. The van der Waals surface area contributed by atoms with Crippen LogP contribution in [0.4, 0.5) is 4.79 Å². The lowest BCUT2D eigenvalue weighted by atomic mass is 9.63. The third-order valence-electron chi connectivity index (χ3n) is 4.19. The van der Waals surface area contributed by atoms with Gasteiger partial charge in [-0.05, 0) is 20.8 Å². The summed E-state index contributed by atoms with van der Waals surface area (Å²) in [5.74, 6) is -1.08. The summed E-state index contributed by atoms with van der Waals surface area (Å²) in [6.45, 7) is 5.85. The summed E-state index contributed by atoms with van der Waals surface area (Å²) in [6.07, 6.45) is -0.0156. The molecule has 0 bridgehead atoms. The van der Waals surface area contributed by atoms with E-state index in [2.05, 4.69) is 0 Å². The lowest BCUT2D eigenvalue weighted by molar-refractivity contribution is -0.211. The average Bonchev–Trinajstić information content (AvgIpc) is 2.24. The van der Waals surface area contributed by atoms with Crippen LogP contribution in [0.5, 0.6) is 0 Å². The molecule has 2 saturated heterocycles. The van der Waals surface area contributed by atoms with Crippen LogP contribution in [0.2, 0.25) is 0 Å². The lowest BCUT2D eigenvalue weighted by Crippen LogP contribution is -2.73. The number of carbonyl (C=O) groups is 2. The molecule has 0 aromatic carbocycles. The van der Waals surface area contributed by atoms with Crippen molar-refractivity contribution in [3.8, 4) is 0 Å². The number of carboxylic acid groups (broad SMARTS) is 1. The van der Waals surface area contributed by atoms with Gasteiger partial charge >= 0.3 is 12.1 Å². The number of nitrogens with zero attached hydrogens (tertiary/aromatic N) is 1. The molecule has 0 aromatic rings. The van der Waals surface area contributed by atoms with Crippen molar-refractivity contribution in [2.75, 3.05) is 26.3 Å². The van der Waals surface area contributed by atoms with Crippen LogP contribution < -0.4 is 0 Å². The fourth-order valence-corrected chi connectivity index (χ4v) is 2.88. The molecular weight excluding hydrogens is 278 g/mol. The fourth-order valence-electron chi connectivity index (χ4n) is 2.88. The molecule has 0 aliphatic carbocycles. The highest BCUT2D eigenvalue weighted by Crippen LogP contribution is 2.46. The summed E-state index contributed by atoms with van der Waals surface area (Å²) < 4.78 is 10.4. The van der Waals surface area contributed by atoms with Gasteiger partial charge in [-0.25, -0.2) is 4.79 Å². The van der Waals surface area contributed by atoms with Gasteiger partial charge in [0.1, 0.15) is 11.0 Å². The highest BCUT2D eigenvalue weighted by atomic mass is 16.6. The van der Waals surface area contributed by atoms with Gasteiger partial charge in [-0.3, -0.25) is 4.79 Å². The number of hydrogen-bond donors (Lipinski definition) is 2. The molecule has 0 aromatic heterocycles. The van der Waals surface area contributed by atoms with Crippen molar-refractivity contribution in [3.63, 3.8) is 0 Å². The zero-order chi connectivity index (χ0) is 15.9. The van der Waals surface area contributed by atoms with Crippen molar-refractivity contribution < 1.29 is 29.3 Å². The normalized spacial score (nSPS) is 24.1. The minimum atomic E-state index is -1.34. The topological polar surface area (TPSA) is 96.3 Å². The van der Waals surface area contributed by atoms with E-state index in [1.807, 2.05) is 0 Å². The second kappa shape index (κ2) is 5.14. The van der Waals surface area contributed by atoms with E-state index in [0.717, 1.165) is 0 Å². The molecule has 0 spiro atoms. The van der Waals surface area contributed by atoms with Crippen LogP contribution in [0.25, 0.3) is 0 Å². The summed E-state index contributed by atoms with van der Waals surface area (Å²) in [6, 6.07) is 0. The molecule has 0 atom stereocenters. The molecule has 120 valence electrons. The van der Waals surface area contributed by atoms with E-state index in [0.29, 0.717) is 13.2 Å². The largest absolute Gasteiger partial charge is 0.481 e. The maximum Gasteiger partial charge on any atom is 0.410 e. The Balaban J connectivity index is 2.08. The number of aliphatic carboxylic acids is 1. The van der Waals surface area contributed by atoms with Crippen LogP contribution in [0.15, 0.2) is 0 Å². The molecule has 2 fully saturated rings. The molecular formula is C14H23NO6. The highest BCUT2D eigenvalue weighted by molar-refractivity contribution is 5.82. The molecule has 0 saturated carbocycles. The van der Waals surface area contributed by atoms with Crippen LogP contribution >= 0.6 is 0 Å². The third kappa shape index (κ3) is 2.85. The van der Waals surface area contributed by atoms with Gasteiger partial charge in [0, 0.05) is 39.1 Å². The molecule has 2 N–H and O–H groups in total. The predicted octanol–water partition coefficient (Wildman–Crippen LogP) is 0.850. The van der Waals surface area contributed by atoms with Crippen molar-refractivity contribution in [3.05, 3.63) is 0 Å². The minimum Gasteiger partial charge on any atom is -0.481 e. The second-order valence-corrected chi connectivity index (χ2v) is 6.87. The van der Waals surface area contributed by atoms with Gasteiger partial charge < -0.3 is 24.6 Å². The van der Waals surface area contributed by atoms with Gasteiger partial charge in [0.25, 0.3) is 0 Å². The highest BCUT2D eigenvalue weighted by Gasteiger charge is 2.64. The summed E-state index contributed by atoms with van der Waals surface area (Å²) in [5, 5.41) is 20.3. The number of carboxylic acids is 1. The summed E-state index contributed by atoms with van der Waals surface area (Å²) in [7, 11) is 0. The van der Waals surface area contributed by atoms with E-state index >= 15 is 0 Å². The van der Waals surface area contributed by atoms with E-state index in [-0.39, 0.29) is 25.9 Å². The first-order valence-electron chi connectivity index (χ1n) is 7.11. The maximum atomic E-state index is 11.9. The Kier molecular flexibility index (Phi) is 3.92. The molecule has 2 heterocycles.